The van der Waals surface area contributed by atoms with Gasteiger partial charge in [0.2, 0.25) is 0 Å². The molecule has 0 N–H and O–H groups in total. The van der Waals surface area contributed by atoms with Crippen LogP contribution in [0.3, 0.4) is 0 Å². The van der Waals surface area contributed by atoms with E-state index in [1.54, 1.807) is 0 Å². The van der Waals surface area contributed by atoms with Gasteiger partial charge in [-0.25, -0.2) is 4.98 Å². The van der Waals surface area contributed by atoms with Crippen LogP contribution in [0.25, 0.3) is 33.9 Å². The van der Waals surface area contributed by atoms with Gasteiger partial charge >= 0.3 is 0 Å². The molecule has 0 saturated carbocycles. The highest BCUT2D eigenvalue weighted by molar-refractivity contribution is 5.75. The monoisotopic (exact) mass is 435 g/mol. The van der Waals surface area contributed by atoms with Gasteiger partial charge in [0.15, 0.2) is 0 Å². The Morgan fingerprint density at radius 3 is 1.39 bits per heavy atom. The molecular formula is C30H33N3. The van der Waals surface area contributed by atoms with E-state index in [0.717, 1.165) is 33.9 Å². The fourth-order valence-electron chi connectivity index (χ4n) is 3.78. The summed E-state index contributed by atoms with van der Waals surface area (Å²) < 4.78 is 0. The zero-order valence-electron chi connectivity index (χ0n) is 20.8. The zero-order valence-corrected chi connectivity index (χ0v) is 20.8. The first-order valence-corrected chi connectivity index (χ1v) is 11.5. The van der Waals surface area contributed by atoms with E-state index in [4.69, 9.17) is 4.98 Å². The number of rotatable bonds is 3. The van der Waals surface area contributed by atoms with Crippen molar-refractivity contribution in [2.75, 3.05) is 0 Å². The molecule has 1 aromatic carbocycles. The predicted octanol–water partition coefficient (Wildman–Crippen LogP) is 7.78. The SMILES string of the molecule is Cc1ccc(-c2cc(-c3cc(C(C)(C)C)ccn3)nc(-c3cc(C(C)(C)C)ccn3)c2)cc1. The largest absolute Gasteiger partial charge is 0.255 e. The Hall–Kier alpha value is -3.33. The molecule has 0 aliphatic carbocycles. The molecule has 0 amide bonds. The van der Waals surface area contributed by atoms with Crippen molar-refractivity contribution in [2.24, 2.45) is 0 Å². The van der Waals surface area contributed by atoms with Crippen molar-refractivity contribution in [2.45, 2.75) is 59.3 Å². The van der Waals surface area contributed by atoms with Gasteiger partial charge in [0.1, 0.15) is 0 Å². The Balaban J connectivity index is 1.91. The second kappa shape index (κ2) is 8.55. The van der Waals surface area contributed by atoms with E-state index in [9.17, 15) is 0 Å². The Labute approximate surface area is 198 Å². The second-order valence-corrected chi connectivity index (χ2v) is 10.9. The van der Waals surface area contributed by atoms with Crippen LogP contribution in [0.15, 0.2) is 73.1 Å². The molecule has 4 rings (SSSR count). The van der Waals surface area contributed by atoms with Crippen LogP contribution in [0.5, 0.6) is 0 Å². The van der Waals surface area contributed by atoms with Crippen LogP contribution in [0.1, 0.15) is 58.2 Å². The molecular weight excluding hydrogens is 402 g/mol. The maximum absolute atomic E-state index is 5.04. The molecule has 0 bridgehead atoms. The summed E-state index contributed by atoms with van der Waals surface area (Å²) in [6.45, 7) is 15.4. The molecule has 168 valence electrons. The number of pyridine rings is 3. The van der Waals surface area contributed by atoms with Crippen LogP contribution in [0.2, 0.25) is 0 Å². The average Bonchev–Trinajstić information content (AvgIpc) is 2.78. The lowest BCUT2D eigenvalue weighted by Crippen LogP contribution is -2.11. The minimum absolute atomic E-state index is 0.0394. The van der Waals surface area contributed by atoms with Gasteiger partial charge in [0.25, 0.3) is 0 Å². The van der Waals surface area contributed by atoms with Gasteiger partial charge in [0, 0.05) is 12.4 Å². The number of aryl methyl sites for hydroxylation is 1. The van der Waals surface area contributed by atoms with Gasteiger partial charge in [0.05, 0.1) is 22.8 Å². The first-order chi connectivity index (χ1) is 15.5. The van der Waals surface area contributed by atoms with E-state index in [0.29, 0.717) is 0 Å². The third-order valence-corrected chi connectivity index (χ3v) is 5.99. The third kappa shape index (κ3) is 5.19. The molecule has 4 aromatic rings. The van der Waals surface area contributed by atoms with E-state index in [1.807, 2.05) is 12.4 Å². The van der Waals surface area contributed by atoms with Gasteiger partial charge in [-0.05, 0) is 76.4 Å². The van der Waals surface area contributed by atoms with Crippen LogP contribution in [-0.2, 0) is 10.8 Å². The highest BCUT2D eigenvalue weighted by Gasteiger charge is 2.18. The molecule has 0 unspecified atom stereocenters. The van der Waals surface area contributed by atoms with Gasteiger partial charge in [-0.15, -0.1) is 0 Å². The van der Waals surface area contributed by atoms with Crippen LogP contribution in [-0.4, -0.2) is 15.0 Å². The molecule has 3 heteroatoms. The lowest BCUT2D eigenvalue weighted by atomic mass is 9.87. The Kier molecular flexibility index (Phi) is 5.92. The number of aromatic nitrogens is 3. The number of hydrogen-bond acceptors (Lipinski definition) is 3. The predicted molar refractivity (Wildman–Crippen MR) is 138 cm³/mol. The molecule has 3 nitrogen and oxygen atoms in total. The molecule has 3 aromatic heterocycles. The summed E-state index contributed by atoms with van der Waals surface area (Å²) in [6.07, 6.45) is 3.77. The summed E-state index contributed by atoms with van der Waals surface area (Å²) in [5.74, 6) is 0. The van der Waals surface area contributed by atoms with Gasteiger partial charge in [-0.1, -0.05) is 71.4 Å². The van der Waals surface area contributed by atoms with Crippen molar-refractivity contribution in [3.63, 3.8) is 0 Å². The van der Waals surface area contributed by atoms with E-state index >= 15 is 0 Å². The minimum atomic E-state index is 0.0394. The van der Waals surface area contributed by atoms with Crippen LogP contribution in [0, 0.1) is 6.92 Å². The molecule has 33 heavy (non-hydrogen) atoms. The quantitative estimate of drug-likeness (QED) is 0.330. The zero-order chi connectivity index (χ0) is 23.8. The van der Waals surface area contributed by atoms with Crippen LogP contribution < -0.4 is 0 Å². The molecule has 3 heterocycles. The summed E-state index contributed by atoms with van der Waals surface area (Å²) in [4.78, 5) is 14.4. The van der Waals surface area contributed by atoms with Crippen molar-refractivity contribution >= 4 is 0 Å². The van der Waals surface area contributed by atoms with Crippen molar-refractivity contribution < 1.29 is 0 Å². The summed E-state index contributed by atoms with van der Waals surface area (Å²) in [6, 6.07) is 21.4. The maximum Gasteiger partial charge on any atom is 0.0900 e. The normalized spacial score (nSPS) is 12.1. The number of hydrogen-bond donors (Lipinski definition) is 0. The fraction of sp³-hybridized carbons (Fsp3) is 0.300. The van der Waals surface area contributed by atoms with Crippen molar-refractivity contribution in [1.29, 1.82) is 0 Å². The lowest BCUT2D eigenvalue weighted by molar-refractivity contribution is 0.589. The molecule has 0 aliphatic rings. The smallest absolute Gasteiger partial charge is 0.0900 e. The van der Waals surface area contributed by atoms with Crippen molar-refractivity contribution in [3.8, 4) is 33.9 Å². The van der Waals surface area contributed by atoms with Gasteiger partial charge in [-0.3, -0.25) is 9.97 Å². The third-order valence-electron chi connectivity index (χ3n) is 5.99. The Morgan fingerprint density at radius 2 is 0.970 bits per heavy atom. The van der Waals surface area contributed by atoms with Crippen LogP contribution in [0.4, 0.5) is 0 Å². The van der Waals surface area contributed by atoms with E-state index in [1.165, 1.54) is 16.7 Å². The molecule has 0 fully saturated rings. The summed E-state index contributed by atoms with van der Waals surface area (Å²) in [7, 11) is 0. The molecule has 0 aliphatic heterocycles. The second-order valence-electron chi connectivity index (χ2n) is 10.9. The van der Waals surface area contributed by atoms with Crippen molar-refractivity contribution in [1.82, 2.24) is 15.0 Å². The summed E-state index contributed by atoms with van der Waals surface area (Å²) >= 11 is 0. The molecule has 0 radical (unpaired) electrons. The van der Waals surface area contributed by atoms with Crippen molar-refractivity contribution in [3.05, 3.63) is 89.7 Å². The van der Waals surface area contributed by atoms with E-state index in [-0.39, 0.29) is 10.8 Å². The Bertz CT molecular complexity index is 1200. The van der Waals surface area contributed by atoms with Crippen LogP contribution >= 0.6 is 0 Å². The average molecular weight is 436 g/mol. The molecule has 0 spiro atoms. The standard InChI is InChI=1S/C30H33N3/c1-20-8-10-21(11-9-20)22-16-27(25-18-23(12-14-31-25)29(2,3)4)33-28(17-22)26-19-24(13-15-32-26)30(5,6)7/h8-19H,1-7H3. The number of nitrogens with zero attached hydrogens (tertiary/aromatic N) is 3. The summed E-state index contributed by atoms with van der Waals surface area (Å²) in [5.41, 5.74) is 9.55. The maximum atomic E-state index is 5.04. The van der Waals surface area contributed by atoms with E-state index in [2.05, 4.69) is 119 Å². The van der Waals surface area contributed by atoms with Gasteiger partial charge < -0.3 is 0 Å². The highest BCUT2D eigenvalue weighted by Crippen LogP contribution is 2.32. The highest BCUT2D eigenvalue weighted by atomic mass is 14.8. The lowest BCUT2D eigenvalue weighted by Gasteiger charge is -2.20. The molecule has 0 atom stereocenters. The number of benzene rings is 1. The van der Waals surface area contributed by atoms with Gasteiger partial charge in [-0.2, -0.15) is 0 Å². The Morgan fingerprint density at radius 1 is 0.515 bits per heavy atom. The first-order valence-electron chi connectivity index (χ1n) is 11.5. The topological polar surface area (TPSA) is 38.7 Å². The fourth-order valence-corrected chi connectivity index (χ4v) is 3.78. The first kappa shape index (κ1) is 22.8. The summed E-state index contributed by atoms with van der Waals surface area (Å²) in [5, 5.41) is 0. The minimum Gasteiger partial charge on any atom is -0.255 e. The van der Waals surface area contributed by atoms with E-state index < -0.39 is 0 Å². The molecule has 0 saturated heterocycles.